The summed E-state index contributed by atoms with van der Waals surface area (Å²) in [6, 6.07) is 10.3. The maximum absolute atomic E-state index is 10.7. The van der Waals surface area contributed by atoms with Gasteiger partial charge in [-0.2, -0.15) is 0 Å². The van der Waals surface area contributed by atoms with E-state index >= 15 is 0 Å². The normalized spacial score (nSPS) is 10.1. The van der Waals surface area contributed by atoms with Crippen molar-refractivity contribution in [3.63, 3.8) is 0 Å². The Bertz CT molecular complexity index is 688. The van der Waals surface area contributed by atoms with E-state index in [0.717, 1.165) is 0 Å². The summed E-state index contributed by atoms with van der Waals surface area (Å²) in [6.45, 7) is 0. The van der Waals surface area contributed by atoms with Gasteiger partial charge in [0.25, 0.3) is 5.69 Å². The molecule has 0 radical (unpaired) electrons. The lowest BCUT2D eigenvalue weighted by molar-refractivity contribution is -0.384. The van der Waals surface area contributed by atoms with Crippen LogP contribution in [0.5, 0.6) is 11.5 Å². The monoisotopic (exact) mass is 291 g/mol. The van der Waals surface area contributed by atoms with Gasteiger partial charge in [-0.3, -0.25) is 15.5 Å². The van der Waals surface area contributed by atoms with Gasteiger partial charge in [-0.1, -0.05) is 17.7 Å². The van der Waals surface area contributed by atoms with Crippen molar-refractivity contribution >= 4 is 23.1 Å². The van der Waals surface area contributed by atoms with Crippen molar-refractivity contribution in [2.45, 2.75) is 0 Å². The number of hydrogen-bond donors (Lipinski definition) is 2. The van der Waals surface area contributed by atoms with Crippen molar-refractivity contribution in [3.05, 3.63) is 63.2 Å². The third-order valence-electron chi connectivity index (χ3n) is 2.49. The van der Waals surface area contributed by atoms with Gasteiger partial charge < -0.3 is 10.5 Å². The Morgan fingerprint density at radius 1 is 1.30 bits per heavy atom. The molecule has 0 atom stereocenters. The minimum Gasteiger partial charge on any atom is -0.456 e. The Hall–Kier alpha value is -2.60. The highest BCUT2D eigenvalue weighted by atomic mass is 35.5. The van der Waals surface area contributed by atoms with Crippen LogP contribution < -0.4 is 10.5 Å². The summed E-state index contributed by atoms with van der Waals surface area (Å²) in [7, 11) is 0. The molecule has 2 aromatic rings. The number of hydrogen-bond acceptors (Lipinski definition) is 4. The average Bonchev–Trinajstić information content (AvgIpc) is 2.38. The molecule has 2 aromatic carbocycles. The zero-order valence-corrected chi connectivity index (χ0v) is 10.9. The summed E-state index contributed by atoms with van der Waals surface area (Å²) in [5, 5.41) is 18.6. The van der Waals surface area contributed by atoms with Crippen LogP contribution in [0.4, 0.5) is 5.69 Å². The van der Waals surface area contributed by atoms with Crippen molar-refractivity contribution in [1.82, 2.24) is 0 Å². The third kappa shape index (κ3) is 3.04. The van der Waals surface area contributed by atoms with Gasteiger partial charge in [-0.05, 0) is 18.2 Å². The molecule has 7 heteroatoms. The molecule has 2 rings (SSSR count). The molecule has 0 aliphatic carbocycles. The van der Waals surface area contributed by atoms with Gasteiger partial charge in [-0.25, -0.2) is 0 Å². The zero-order chi connectivity index (χ0) is 14.7. The Morgan fingerprint density at radius 3 is 2.70 bits per heavy atom. The number of halogens is 1. The standard InChI is InChI=1S/C13H10ClN3O3/c14-8-4-5-11(13(15)16)12(6-8)20-10-3-1-2-9(7-10)17(18)19/h1-7H,(H3,15,16). The van der Waals surface area contributed by atoms with Crippen LogP contribution in [0.2, 0.25) is 5.02 Å². The molecule has 0 amide bonds. The number of ether oxygens (including phenoxy) is 1. The molecule has 0 unspecified atom stereocenters. The van der Waals surface area contributed by atoms with Crippen molar-refractivity contribution in [2.24, 2.45) is 5.73 Å². The first-order chi connectivity index (χ1) is 9.47. The largest absolute Gasteiger partial charge is 0.456 e. The lowest BCUT2D eigenvalue weighted by Crippen LogP contribution is -2.12. The lowest BCUT2D eigenvalue weighted by Gasteiger charge is -2.10. The molecule has 0 aliphatic heterocycles. The second-order valence-corrected chi connectivity index (χ2v) is 4.35. The highest BCUT2D eigenvalue weighted by Gasteiger charge is 2.11. The van der Waals surface area contributed by atoms with Crippen molar-refractivity contribution in [2.75, 3.05) is 0 Å². The fourth-order valence-corrected chi connectivity index (χ4v) is 1.75. The highest BCUT2D eigenvalue weighted by molar-refractivity contribution is 6.30. The number of benzene rings is 2. The van der Waals surface area contributed by atoms with E-state index < -0.39 is 4.92 Å². The van der Waals surface area contributed by atoms with Crippen molar-refractivity contribution < 1.29 is 9.66 Å². The van der Waals surface area contributed by atoms with Crippen LogP contribution in [-0.2, 0) is 0 Å². The second kappa shape index (κ2) is 5.58. The minimum absolute atomic E-state index is 0.0890. The van der Waals surface area contributed by atoms with Gasteiger partial charge in [0.1, 0.15) is 17.3 Å². The number of non-ortho nitro benzene ring substituents is 1. The van der Waals surface area contributed by atoms with Crippen molar-refractivity contribution in [3.8, 4) is 11.5 Å². The zero-order valence-electron chi connectivity index (χ0n) is 10.2. The molecule has 0 fully saturated rings. The molecule has 20 heavy (non-hydrogen) atoms. The van der Waals surface area contributed by atoms with E-state index in [-0.39, 0.29) is 23.0 Å². The number of nitrogens with one attached hydrogen (secondary N) is 1. The number of nitro benzene ring substituents is 1. The molecule has 3 N–H and O–H groups in total. The maximum Gasteiger partial charge on any atom is 0.273 e. The van der Waals surface area contributed by atoms with Crippen LogP contribution in [0.1, 0.15) is 5.56 Å². The van der Waals surface area contributed by atoms with E-state index in [1.807, 2.05) is 0 Å². The quantitative estimate of drug-likeness (QED) is 0.390. The Morgan fingerprint density at radius 2 is 2.05 bits per heavy atom. The van der Waals surface area contributed by atoms with E-state index in [0.29, 0.717) is 10.6 Å². The van der Waals surface area contributed by atoms with Crippen LogP contribution in [0.25, 0.3) is 0 Å². The van der Waals surface area contributed by atoms with E-state index in [1.165, 1.54) is 24.3 Å². The third-order valence-corrected chi connectivity index (χ3v) is 2.73. The number of nitrogens with two attached hydrogens (primary N) is 1. The van der Waals surface area contributed by atoms with E-state index in [9.17, 15) is 10.1 Å². The van der Waals surface area contributed by atoms with Gasteiger partial charge in [0, 0.05) is 17.2 Å². The predicted octanol–water partition coefficient (Wildman–Crippen LogP) is 3.32. The topological polar surface area (TPSA) is 102 Å². The van der Waals surface area contributed by atoms with Crippen LogP contribution in [0.15, 0.2) is 42.5 Å². The van der Waals surface area contributed by atoms with E-state index in [4.69, 9.17) is 27.5 Å². The maximum atomic E-state index is 10.7. The lowest BCUT2D eigenvalue weighted by atomic mass is 10.2. The summed E-state index contributed by atoms with van der Waals surface area (Å²) in [5.41, 5.74) is 5.72. The molecule has 6 nitrogen and oxygen atoms in total. The summed E-state index contributed by atoms with van der Waals surface area (Å²) in [6.07, 6.45) is 0. The number of nitrogen functional groups attached to an aromatic ring is 1. The molecule has 0 aromatic heterocycles. The molecule has 0 saturated carbocycles. The summed E-state index contributed by atoms with van der Waals surface area (Å²) in [4.78, 5) is 10.2. The van der Waals surface area contributed by atoms with Gasteiger partial charge in [0.05, 0.1) is 16.6 Å². The molecular formula is C13H10ClN3O3. The highest BCUT2D eigenvalue weighted by Crippen LogP contribution is 2.29. The summed E-state index contributed by atoms with van der Waals surface area (Å²) < 4.78 is 5.53. The van der Waals surface area contributed by atoms with Crippen molar-refractivity contribution in [1.29, 1.82) is 5.41 Å². The fraction of sp³-hybridized carbons (Fsp3) is 0. The molecule has 0 spiro atoms. The number of nitrogens with zero attached hydrogens (tertiary/aromatic N) is 1. The fourth-order valence-electron chi connectivity index (χ4n) is 1.59. The Balaban J connectivity index is 2.39. The van der Waals surface area contributed by atoms with E-state index in [2.05, 4.69) is 0 Å². The van der Waals surface area contributed by atoms with Crippen LogP contribution >= 0.6 is 11.6 Å². The first-order valence-corrected chi connectivity index (χ1v) is 5.91. The molecule has 0 bridgehead atoms. The number of amidine groups is 1. The summed E-state index contributed by atoms with van der Waals surface area (Å²) in [5.74, 6) is 0.358. The second-order valence-electron chi connectivity index (χ2n) is 3.91. The van der Waals surface area contributed by atoms with E-state index in [1.54, 1.807) is 18.2 Å². The Labute approximate surface area is 119 Å². The van der Waals surface area contributed by atoms with Gasteiger partial charge >= 0.3 is 0 Å². The van der Waals surface area contributed by atoms with Crippen LogP contribution in [0, 0.1) is 15.5 Å². The molecular weight excluding hydrogens is 282 g/mol. The van der Waals surface area contributed by atoms with Gasteiger partial charge in [-0.15, -0.1) is 0 Å². The SMILES string of the molecule is N=C(N)c1ccc(Cl)cc1Oc1cccc([N+](=O)[O-])c1. The Kier molecular flexibility index (Phi) is 3.86. The molecule has 0 aliphatic rings. The van der Waals surface area contributed by atoms with Gasteiger partial charge in [0.15, 0.2) is 0 Å². The number of nitro groups is 1. The molecule has 102 valence electrons. The van der Waals surface area contributed by atoms with Crippen LogP contribution in [-0.4, -0.2) is 10.8 Å². The summed E-state index contributed by atoms with van der Waals surface area (Å²) >= 11 is 5.87. The minimum atomic E-state index is -0.517. The molecule has 0 heterocycles. The smallest absolute Gasteiger partial charge is 0.273 e. The predicted molar refractivity (Wildman–Crippen MR) is 75.6 cm³/mol. The van der Waals surface area contributed by atoms with Crippen LogP contribution in [0.3, 0.4) is 0 Å². The first kappa shape index (κ1) is 13.8. The van der Waals surface area contributed by atoms with Gasteiger partial charge in [0.2, 0.25) is 0 Å². The average molecular weight is 292 g/mol. The molecule has 0 saturated heterocycles. The number of rotatable bonds is 4. The first-order valence-electron chi connectivity index (χ1n) is 5.53.